The molecule has 0 radical (unpaired) electrons. The summed E-state index contributed by atoms with van der Waals surface area (Å²) in [6, 6.07) is 1.53. The van der Waals surface area contributed by atoms with Crippen molar-refractivity contribution in [3.63, 3.8) is 0 Å². The van der Waals surface area contributed by atoms with Gasteiger partial charge in [0.15, 0.2) is 0 Å². The van der Waals surface area contributed by atoms with Crippen LogP contribution in [0.15, 0.2) is 23.3 Å². The second kappa shape index (κ2) is 2.87. The fourth-order valence-electron chi connectivity index (χ4n) is 1.80. The van der Waals surface area contributed by atoms with Crippen LogP contribution in [0, 0.1) is 11.3 Å². The lowest BCUT2D eigenvalue weighted by Gasteiger charge is -2.07. The van der Waals surface area contributed by atoms with Gasteiger partial charge >= 0.3 is 0 Å². The summed E-state index contributed by atoms with van der Waals surface area (Å²) < 4.78 is 2.01. The Labute approximate surface area is 83.5 Å². The van der Waals surface area contributed by atoms with E-state index in [0.29, 0.717) is 11.1 Å². The van der Waals surface area contributed by atoms with Crippen molar-refractivity contribution < 1.29 is 0 Å². The van der Waals surface area contributed by atoms with Gasteiger partial charge in [-0.1, -0.05) is 13.8 Å². The van der Waals surface area contributed by atoms with Crippen molar-refractivity contribution in [2.45, 2.75) is 26.8 Å². The number of nitrogens with two attached hydrogens (primary N) is 1. The van der Waals surface area contributed by atoms with Gasteiger partial charge in [0.25, 0.3) is 0 Å². The fourth-order valence-corrected chi connectivity index (χ4v) is 1.80. The molecule has 1 aromatic heterocycles. The molecular formula is C11H16N2O. The van der Waals surface area contributed by atoms with Crippen molar-refractivity contribution in [2.24, 2.45) is 11.3 Å². The topological polar surface area (TPSA) is 48.0 Å². The van der Waals surface area contributed by atoms with Gasteiger partial charge in [-0.05, 0) is 17.8 Å². The molecule has 1 heterocycles. The molecular weight excluding hydrogens is 176 g/mol. The number of aromatic nitrogens is 1. The molecule has 0 saturated heterocycles. The molecule has 1 saturated carbocycles. The Bertz CT molecular complexity index is 406. The molecule has 0 spiro atoms. The predicted octanol–water partition coefficient (Wildman–Crippen LogP) is 1.48. The minimum absolute atomic E-state index is 0.0868. The van der Waals surface area contributed by atoms with E-state index in [0.717, 1.165) is 12.5 Å². The molecule has 3 nitrogen and oxygen atoms in total. The average molecular weight is 192 g/mol. The molecule has 0 bridgehead atoms. The summed E-state index contributed by atoms with van der Waals surface area (Å²) in [4.78, 5) is 11.1. The van der Waals surface area contributed by atoms with Crippen molar-refractivity contribution in [3.05, 3.63) is 28.7 Å². The van der Waals surface area contributed by atoms with E-state index in [2.05, 4.69) is 13.8 Å². The summed E-state index contributed by atoms with van der Waals surface area (Å²) in [6.07, 6.45) is 4.81. The molecule has 1 unspecified atom stereocenters. The monoisotopic (exact) mass is 192 g/mol. The first kappa shape index (κ1) is 9.31. The van der Waals surface area contributed by atoms with Crippen LogP contribution in [0.5, 0.6) is 0 Å². The highest BCUT2D eigenvalue weighted by Gasteiger charge is 2.45. The standard InChI is InChI=1S/C11H16N2O/c1-11(2)5-8(11)6-13-4-3-10(14)9(12)7-13/h3-4,7-8H,5-6,12H2,1-2H3. The number of nitrogen functional groups attached to an aromatic ring is 1. The van der Waals surface area contributed by atoms with Gasteiger partial charge in [-0.3, -0.25) is 4.79 Å². The molecule has 2 N–H and O–H groups in total. The Morgan fingerprint density at radius 1 is 1.64 bits per heavy atom. The number of rotatable bonds is 2. The van der Waals surface area contributed by atoms with Gasteiger partial charge in [0, 0.05) is 25.0 Å². The molecule has 0 amide bonds. The van der Waals surface area contributed by atoms with Crippen LogP contribution < -0.4 is 11.2 Å². The number of nitrogens with zero attached hydrogens (tertiary/aromatic N) is 1. The van der Waals surface area contributed by atoms with Crippen LogP contribution in [-0.4, -0.2) is 4.57 Å². The van der Waals surface area contributed by atoms with E-state index in [1.165, 1.54) is 12.5 Å². The molecule has 14 heavy (non-hydrogen) atoms. The number of hydrogen-bond acceptors (Lipinski definition) is 2. The third-order valence-corrected chi connectivity index (χ3v) is 3.16. The van der Waals surface area contributed by atoms with Crippen LogP contribution >= 0.6 is 0 Å². The summed E-state index contributed by atoms with van der Waals surface area (Å²) in [5.41, 5.74) is 6.27. The summed E-state index contributed by atoms with van der Waals surface area (Å²) in [5, 5.41) is 0. The number of hydrogen-bond donors (Lipinski definition) is 1. The van der Waals surface area contributed by atoms with Crippen LogP contribution in [-0.2, 0) is 6.54 Å². The first-order valence-electron chi connectivity index (χ1n) is 4.94. The summed E-state index contributed by atoms with van der Waals surface area (Å²) in [6.45, 7) is 5.50. The van der Waals surface area contributed by atoms with Crippen molar-refractivity contribution in [1.29, 1.82) is 0 Å². The molecule has 1 atom stereocenters. The van der Waals surface area contributed by atoms with Crippen molar-refractivity contribution >= 4 is 5.69 Å². The van der Waals surface area contributed by atoms with Gasteiger partial charge in [0.2, 0.25) is 5.43 Å². The van der Waals surface area contributed by atoms with E-state index < -0.39 is 0 Å². The smallest absolute Gasteiger partial charge is 0.204 e. The Morgan fingerprint density at radius 2 is 2.29 bits per heavy atom. The maximum Gasteiger partial charge on any atom is 0.204 e. The van der Waals surface area contributed by atoms with E-state index in [1.54, 1.807) is 6.20 Å². The number of anilines is 1. The highest BCUT2D eigenvalue weighted by atomic mass is 16.1. The van der Waals surface area contributed by atoms with Crippen LogP contribution in [0.25, 0.3) is 0 Å². The summed E-state index contributed by atoms with van der Waals surface area (Å²) in [7, 11) is 0. The predicted molar refractivity (Wildman–Crippen MR) is 57.0 cm³/mol. The molecule has 1 fully saturated rings. The lowest BCUT2D eigenvalue weighted by Crippen LogP contribution is -2.12. The summed E-state index contributed by atoms with van der Waals surface area (Å²) in [5.74, 6) is 0.726. The summed E-state index contributed by atoms with van der Waals surface area (Å²) >= 11 is 0. The van der Waals surface area contributed by atoms with Gasteiger partial charge in [-0.25, -0.2) is 0 Å². The fraction of sp³-hybridized carbons (Fsp3) is 0.545. The molecule has 0 aliphatic heterocycles. The van der Waals surface area contributed by atoms with Crippen LogP contribution in [0.4, 0.5) is 5.69 Å². The van der Waals surface area contributed by atoms with Gasteiger partial charge in [0.1, 0.15) is 0 Å². The lowest BCUT2D eigenvalue weighted by atomic mass is 10.1. The number of pyridine rings is 1. The quantitative estimate of drug-likeness (QED) is 0.771. The lowest BCUT2D eigenvalue weighted by molar-refractivity contribution is 0.497. The molecule has 2 rings (SSSR count). The highest BCUT2D eigenvalue weighted by molar-refractivity contribution is 5.33. The van der Waals surface area contributed by atoms with Crippen LogP contribution in [0.1, 0.15) is 20.3 Å². The Balaban J connectivity index is 2.12. The Kier molecular flexibility index (Phi) is 1.91. The Hall–Kier alpha value is -1.25. The molecule has 0 aromatic carbocycles. The van der Waals surface area contributed by atoms with E-state index in [1.807, 2.05) is 10.8 Å². The second-order valence-corrected chi connectivity index (χ2v) is 4.85. The maximum absolute atomic E-state index is 11.1. The average Bonchev–Trinajstić information content (AvgIpc) is 2.67. The van der Waals surface area contributed by atoms with Gasteiger partial charge < -0.3 is 10.3 Å². The second-order valence-electron chi connectivity index (χ2n) is 4.85. The van der Waals surface area contributed by atoms with E-state index in [-0.39, 0.29) is 5.43 Å². The first-order chi connectivity index (χ1) is 6.49. The van der Waals surface area contributed by atoms with Crippen LogP contribution in [0.3, 0.4) is 0 Å². The first-order valence-corrected chi connectivity index (χ1v) is 4.94. The van der Waals surface area contributed by atoms with Crippen molar-refractivity contribution in [1.82, 2.24) is 4.57 Å². The molecule has 1 aliphatic carbocycles. The third-order valence-electron chi connectivity index (χ3n) is 3.16. The highest BCUT2D eigenvalue weighted by Crippen LogP contribution is 2.52. The SMILES string of the molecule is CC1(C)CC1Cn1ccc(=O)c(N)c1. The van der Waals surface area contributed by atoms with E-state index in [4.69, 9.17) is 5.73 Å². The van der Waals surface area contributed by atoms with Gasteiger partial charge in [-0.15, -0.1) is 0 Å². The third kappa shape index (κ3) is 1.67. The zero-order valence-electron chi connectivity index (χ0n) is 8.66. The zero-order chi connectivity index (χ0) is 10.3. The molecule has 3 heteroatoms. The van der Waals surface area contributed by atoms with E-state index in [9.17, 15) is 4.79 Å². The van der Waals surface area contributed by atoms with Crippen molar-refractivity contribution in [2.75, 3.05) is 5.73 Å². The van der Waals surface area contributed by atoms with Gasteiger partial charge in [-0.2, -0.15) is 0 Å². The maximum atomic E-state index is 11.1. The van der Waals surface area contributed by atoms with Gasteiger partial charge in [0.05, 0.1) is 5.69 Å². The van der Waals surface area contributed by atoms with Crippen LogP contribution in [0.2, 0.25) is 0 Å². The molecule has 76 valence electrons. The molecule has 1 aliphatic rings. The Morgan fingerprint density at radius 3 is 2.79 bits per heavy atom. The minimum atomic E-state index is -0.0868. The zero-order valence-corrected chi connectivity index (χ0v) is 8.66. The van der Waals surface area contributed by atoms with E-state index >= 15 is 0 Å². The largest absolute Gasteiger partial charge is 0.394 e. The van der Waals surface area contributed by atoms with Crippen molar-refractivity contribution in [3.8, 4) is 0 Å². The molecule has 1 aromatic rings. The minimum Gasteiger partial charge on any atom is -0.394 e. The normalized spacial score (nSPS) is 23.4.